The lowest BCUT2D eigenvalue weighted by atomic mass is 9.93. The molecule has 4 rings (SSSR count). The van der Waals surface area contributed by atoms with Crippen LogP contribution in [0.5, 0.6) is 0 Å². The van der Waals surface area contributed by atoms with E-state index in [1.807, 2.05) is 7.05 Å². The number of halogens is 1. The molecule has 0 saturated carbocycles. The number of rotatable bonds is 4. The van der Waals surface area contributed by atoms with Gasteiger partial charge in [0.05, 0.1) is 23.5 Å². The first kappa shape index (κ1) is 18.4. The van der Waals surface area contributed by atoms with Gasteiger partial charge in [-0.1, -0.05) is 0 Å². The van der Waals surface area contributed by atoms with Gasteiger partial charge in [-0.15, -0.1) is 0 Å². The SMILES string of the molecule is CN(Cc1nc2ccc(F)cc2[nH]1)C(=O)[C@H]1CCCN(C2CCOCC2)C1. The van der Waals surface area contributed by atoms with Crippen molar-refractivity contribution < 1.29 is 13.9 Å². The highest BCUT2D eigenvalue weighted by molar-refractivity contribution is 5.79. The Morgan fingerprint density at radius 1 is 1.37 bits per heavy atom. The third-order valence-electron chi connectivity index (χ3n) is 5.77. The number of imidazole rings is 1. The minimum atomic E-state index is -0.294. The van der Waals surface area contributed by atoms with E-state index in [-0.39, 0.29) is 17.6 Å². The fourth-order valence-corrected chi connectivity index (χ4v) is 4.31. The zero-order valence-corrected chi connectivity index (χ0v) is 15.8. The highest BCUT2D eigenvalue weighted by Gasteiger charge is 2.32. The van der Waals surface area contributed by atoms with Crippen molar-refractivity contribution in [2.75, 3.05) is 33.4 Å². The summed E-state index contributed by atoms with van der Waals surface area (Å²) in [6.07, 6.45) is 4.12. The van der Waals surface area contributed by atoms with E-state index < -0.39 is 0 Å². The molecule has 2 fully saturated rings. The molecule has 7 heteroatoms. The molecule has 27 heavy (non-hydrogen) atoms. The van der Waals surface area contributed by atoms with Gasteiger partial charge >= 0.3 is 0 Å². The third-order valence-corrected chi connectivity index (χ3v) is 5.77. The number of fused-ring (bicyclic) bond motifs is 1. The van der Waals surface area contributed by atoms with E-state index in [1.54, 1.807) is 11.0 Å². The molecule has 1 amide bonds. The Morgan fingerprint density at radius 3 is 3.00 bits per heavy atom. The molecule has 0 aliphatic carbocycles. The molecule has 3 heterocycles. The van der Waals surface area contributed by atoms with Crippen molar-refractivity contribution in [1.29, 1.82) is 0 Å². The largest absolute Gasteiger partial charge is 0.381 e. The summed E-state index contributed by atoms with van der Waals surface area (Å²) in [5, 5.41) is 0. The minimum Gasteiger partial charge on any atom is -0.381 e. The van der Waals surface area contributed by atoms with Crippen LogP contribution in [0.4, 0.5) is 4.39 Å². The van der Waals surface area contributed by atoms with Gasteiger partial charge in [-0.25, -0.2) is 9.37 Å². The molecule has 6 nitrogen and oxygen atoms in total. The number of hydrogen-bond donors (Lipinski definition) is 1. The summed E-state index contributed by atoms with van der Waals surface area (Å²) in [5.74, 6) is 0.591. The number of hydrogen-bond acceptors (Lipinski definition) is 4. The van der Waals surface area contributed by atoms with Crippen LogP contribution in [0.15, 0.2) is 18.2 Å². The molecule has 1 aromatic heterocycles. The topological polar surface area (TPSA) is 61.5 Å². The molecule has 2 aliphatic rings. The molecular formula is C20H27FN4O2. The average molecular weight is 374 g/mol. The molecule has 1 N–H and O–H groups in total. The van der Waals surface area contributed by atoms with E-state index >= 15 is 0 Å². The summed E-state index contributed by atoms with van der Waals surface area (Å²) in [6, 6.07) is 5.03. The number of amides is 1. The predicted octanol–water partition coefficient (Wildman–Crippen LogP) is 2.55. The molecule has 1 aromatic carbocycles. The minimum absolute atomic E-state index is 0.0356. The number of carbonyl (C=O) groups excluding carboxylic acids is 1. The summed E-state index contributed by atoms with van der Waals surface area (Å²) in [4.78, 5) is 24.8. The highest BCUT2D eigenvalue weighted by Crippen LogP contribution is 2.24. The smallest absolute Gasteiger partial charge is 0.227 e. The van der Waals surface area contributed by atoms with Gasteiger partial charge in [0.15, 0.2) is 0 Å². The summed E-state index contributed by atoms with van der Waals surface area (Å²) < 4.78 is 18.8. The molecular weight excluding hydrogens is 347 g/mol. The van der Waals surface area contributed by atoms with E-state index in [0.717, 1.165) is 57.5 Å². The number of H-pyrrole nitrogens is 1. The maximum absolute atomic E-state index is 13.3. The molecule has 146 valence electrons. The van der Waals surface area contributed by atoms with Gasteiger partial charge < -0.3 is 14.6 Å². The Bertz CT molecular complexity index is 802. The Kier molecular flexibility index (Phi) is 5.41. The van der Waals surface area contributed by atoms with Crippen LogP contribution in [0.25, 0.3) is 11.0 Å². The quantitative estimate of drug-likeness (QED) is 0.894. The van der Waals surface area contributed by atoms with Crippen LogP contribution in [0.1, 0.15) is 31.5 Å². The van der Waals surface area contributed by atoms with Gasteiger partial charge in [-0.05, 0) is 50.4 Å². The van der Waals surface area contributed by atoms with Crippen LogP contribution in [0.3, 0.4) is 0 Å². The van der Waals surface area contributed by atoms with Crippen molar-refractivity contribution in [2.24, 2.45) is 5.92 Å². The first-order valence-corrected chi connectivity index (χ1v) is 9.81. The van der Waals surface area contributed by atoms with E-state index in [9.17, 15) is 9.18 Å². The van der Waals surface area contributed by atoms with Crippen LogP contribution < -0.4 is 0 Å². The van der Waals surface area contributed by atoms with E-state index in [1.165, 1.54) is 12.1 Å². The Labute approximate surface area is 158 Å². The van der Waals surface area contributed by atoms with Crippen molar-refractivity contribution in [3.63, 3.8) is 0 Å². The lowest BCUT2D eigenvalue weighted by Gasteiger charge is -2.40. The monoisotopic (exact) mass is 374 g/mol. The molecule has 0 radical (unpaired) electrons. The number of piperidine rings is 1. The molecule has 1 atom stereocenters. The summed E-state index contributed by atoms with van der Waals surface area (Å²) >= 11 is 0. The normalized spacial score (nSPS) is 22.2. The van der Waals surface area contributed by atoms with Crippen LogP contribution in [0.2, 0.25) is 0 Å². The fraction of sp³-hybridized carbons (Fsp3) is 0.600. The van der Waals surface area contributed by atoms with Crippen molar-refractivity contribution in [2.45, 2.75) is 38.3 Å². The van der Waals surface area contributed by atoms with Crippen molar-refractivity contribution >= 4 is 16.9 Å². The number of likely N-dealkylation sites (tertiary alicyclic amines) is 1. The van der Waals surface area contributed by atoms with Crippen LogP contribution in [-0.2, 0) is 16.1 Å². The highest BCUT2D eigenvalue weighted by atomic mass is 19.1. The number of aromatic amines is 1. The first-order chi connectivity index (χ1) is 13.1. The number of nitrogens with one attached hydrogen (secondary N) is 1. The Hall–Kier alpha value is -1.99. The van der Waals surface area contributed by atoms with Crippen molar-refractivity contribution in [1.82, 2.24) is 19.8 Å². The van der Waals surface area contributed by atoms with E-state index in [0.29, 0.717) is 23.9 Å². The molecule has 0 spiro atoms. The van der Waals surface area contributed by atoms with Gasteiger partial charge in [0.2, 0.25) is 5.91 Å². The van der Waals surface area contributed by atoms with Gasteiger partial charge in [0.25, 0.3) is 0 Å². The molecule has 2 saturated heterocycles. The Balaban J connectivity index is 1.38. The molecule has 0 unspecified atom stereocenters. The number of benzene rings is 1. The lowest BCUT2D eigenvalue weighted by molar-refractivity contribution is -0.137. The van der Waals surface area contributed by atoms with Crippen LogP contribution in [0, 0.1) is 11.7 Å². The van der Waals surface area contributed by atoms with Crippen molar-refractivity contribution in [3.05, 3.63) is 29.8 Å². The fourth-order valence-electron chi connectivity index (χ4n) is 4.31. The van der Waals surface area contributed by atoms with Gasteiger partial charge in [0.1, 0.15) is 11.6 Å². The Morgan fingerprint density at radius 2 is 2.19 bits per heavy atom. The predicted molar refractivity (Wildman–Crippen MR) is 101 cm³/mol. The van der Waals surface area contributed by atoms with E-state index in [4.69, 9.17) is 4.74 Å². The van der Waals surface area contributed by atoms with Gasteiger partial charge in [-0.2, -0.15) is 0 Å². The van der Waals surface area contributed by atoms with Crippen LogP contribution in [-0.4, -0.2) is 65.1 Å². The number of carbonyl (C=O) groups is 1. The van der Waals surface area contributed by atoms with Gasteiger partial charge in [0, 0.05) is 32.8 Å². The van der Waals surface area contributed by atoms with Crippen LogP contribution >= 0.6 is 0 Å². The standard InChI is InChI=1S/C20H27FN4O2/c1-24(13-19-22-17-5-4-15(21)11-18(17)23-19)20(26)14-3-2-8-25(12-14)16-6-9-27-10-7-16/h4-5,11,14,16H,2-3,6-10,12-13H2,1H3,(H,22,23)/t14-/m0/s1. The summed E-state index contributed by atoms with van der Waals surface area (Å²) in [5.41, 5.74) is 1.38. The maximum Gasteiger partial charge on any atom is 0.227 e. The molecule has 2 aliphatic heterocycles. The zero-order chi connectivity index (χ0) is 18.8. The average Bonchev–Trinajstić information content (AvgIpc) is 3.09. The van der Waals surface area contributed by atoms with Crippen molar-refractivity contribution in [3.8, 4) is 0 Å². The third kappa shape index (κ3) is 4.14. The second-order valence-corrected chi connectivity index (χ2v) is 7.72. The van der Waals surface area contributed by atoms with E-state index in [2.05, 4.69) is 14.9 Å². The van der Waals surface area contributed by atoms with Gasteiger partial charge in [-0.3, -0.25) is 9.69 Å². The summed E-state index contributed by atoms with van der Waals surface area (Å²) in [7, 11) is 1.82. The summed E-state index contributed by atoms with van der Waals surface area (Å²) in [6.45, 7) is 3.97. The second kappa shape index (κ2) is 7.94. The lowest BCUT2D eigenvalue weighted by Crippen LogP contribution is -2.48. The zero-order valence-electron chi connectivity index (χ0n) is 15.8. The number of ether oxygens (including phenoxy) is 1. The first-order valence-electron chi connectivity index (χ1n) is 9.81. The molecule has 2 aromatic rings. The number of nitrogens with zero attached hydrogens (tertiary/aromatic N) is 3. The maximum atomic E-state index is 13.3. The molecule has 0 bridgehead atoms. The second-order valence-electron chi connectivity index (χ2n) is 7.72. The number of aromatic nitrogens is 2.